The number of carbonyl (C=O) groups excluding carboxylic acids is 3. The Morgan fingerprint density at radius 3 is 2.40 bits per heavy atom. The lowest BCUT2D eigenvalue weighted by atomic mass is 9.79. The van der Waals surface area contributed by atoms with Crippen LogP contribution in [0.1, 0.15) is 24.8 Å². The minimum Gasteiger partial charge on any atom is -0.461 e. The summed E-state index contributed by atoms with van der Waals surface area (Å²) in [5.74, 6) is -4.49. The first-order chi connectivity index (χ1) is 11.6. The normalized spacial score (nSPS) is 21.4. The quantitative estimate of drug-likeness (QED) is 0.331. The smallest absolute Gasteiger partial charge is 0.319 e. The number of alkyl halides is 3. The van der Waals surface area contributed by atoms with E-state index in [1.165, 1.54) is 24.3 Å². The molecule has 1 heterocycles. The lowest BCUT2D eigenvalue weighted by molar-refractivity contribution is -0.163. The van der Waals surface area contributed by atoms with E-state index < -0.39 is 45.8 Å². The van der Waals surface area contributed by atoms with E-state index in [2.05, 4.69) is 0 Å². The van der Waals surface area contributed by atoms with E-state index in [-0.39, 0.29) is 13.0 Å². The first-order valence-electron chi connectivity index (χ1n) is 7.47. The minimum atomic E-state index is -1.82. The van der Waals surface area contributed by atoms with Gasteiger partial charge in [-0.1, -0.05) is 46.9 Å². The number of nitrogens with zero attached hydrogens (tertiary/aromatic N) is 1. The highest BCUT2D eigenvalue weighted by Gasteiger charge is 2.46. The average molecular weight is 411 g/mol. The summed E-state index contributed by atoms with van der Waals surface area (Å²) in [6.45, 7) is 1.22. The second kappa shape index (κ2) is 7.89. The summed E-state index contributed by atoms with van der Waals surface area (Å²) in [7, 11) is 0. The van der Waals surface area contributed by atoms with Gasteiger partial charge in [-0.3, -0.25) is 19.3 Å². The summed E-state index contributed by atoms with van der Waals surface area (Å²) in [5.41, 5.74) is 0.481. The summed E-state index contributed by atoms with van der Waals surface area (Å²) >= 11 is 16.7. The van der Waals surface area contributed by atoms with Crippen LogP contribution in [-0.4, -0.2) is 39.6 Å². The number of likely N-dealkylation sites (tertiary alicyclic amines) is 1. The second-order valence-electron chi connectivity index (χ2n) is 5.54. The van der Waals surface area contributed by atoms with Crippen LogP contribution in [0.4, 0.5) is 4.39 Å². The molecular formula is C16H15Cl3FNO4. The van der Waals surface area contributed by atoms with Crippen molar-refractivity contribution in [3.05, 3.63) is 35.6 Å². The van der Waals surface area contributed by atoms with Crippen LogP contribution in [0, 0.1) is 11.7 Å². The van der Waals surface area contributed by atoms with Crippen LogP contribution in [0.3, 0.4) is 0 Å². The van der Waals surface area contributed by atoms with Crippen molar-refractivity contribution in [3.63, 3.8) is 0 Å². The maximum atomic E-state index is 13.2. The van der Waals surface area contributed by atoms with Gasteiger partial charge in [0.25, 0.3) is 0 Å². The van der Waals surface area contributed by atoms with Crippen LogP contribution in [0.2, 0.25) is 0 Å². The first-order valence-corrected chi connectivity index (χ1v) is 8.60. The van der Waals surface area contributed by atoms with E-state index in [0.29, 0.717) is 5.56 Å². The monoisotopic (exact) mass is 409 g/mol. The van der Waals surface area contributed by atoms with Crippen molar-refractivity contribution < 1.29 is 23.5 Å². The van der Waals surface area contributed by atoms with Gasteiger partial charge in [0.1, 0.15) is 18.3 Å². The molecule has 1 aliphatic rings. The second-order valence-corrected chi connectivity index (χ2v) is 8.06. The van der Waals surface area contributed by atoms with Crippen molar-refractivity contribution >= 4 is 52.6 Å². The molecule has 1 fully saturated rings. The van der Waals surface area contributed by atoms with Crippen molar-refractivity contribution in [3.8, 4) is 0 Å². The number of hydrogen-bond donors (Lipinski definition) is 0. The third-order valence-electron chi connectivity index (χ3n) is 3.88. The van der Waals surface area contributed by atoms with Crippen molar-refractivity contribution in [1.82, 2.24) is 4.90 Å². The number of carbonyl (C=O) groups is 3. The van der Waals surface area contributed by atoms with Gasteiger partial charge in [-0.2, -0.15) is 0 Å². The summed E-state index contributed by atoms with van der Waals surface area (Å²) in [5, 5.41) is 0. The number of benzene rings is 1. The Morgan fingerprint density at radius 1 is 1.28 bits per heavy atom. The van der Waals surface area contributed by atoms with Crippen LogP contribution in [0.5, 0.6) is 0 Å². The molecule has 0 saturated carbocycles. The SMILES string of the molecule is CCN1C(=O)CC(c2ccc(F)cc2)C(C(=O)OCC(Cl)(Cl)Cl)C1=O. The number of esters is 1. The molecule has 5 nitrogen and oxygen atoms in total. The molecule has 1 aliphatic heterocycles. The zero-order chi connectivity index (χ0) is 18.8. The van der Waals surface area contributed by atoms with Gasteiger partial charge in [-0.05, 0) is 24.6 Å². The van der Waals surface area contributed by atoms with Crippen molar-refractivity contribution in [2.24, 2.45) is 5.92 Å². The molecule has 0 N–H and O–H groups in total. The summed E-state index contributed by atoms with van der Waals surface area (Å²) in [4.78, 5) is 38.2. The molecule has 25 heavy (non-hydrogen) atoms. The molecule has 1 aromatic carbocycles. The van der Waals surface area contributed by atoms with Gasteiger partial charge in [0, 0.05) is 18.9 Å². The molecule has 0 aromatic heterocycles. The average Bonchev–Trinajstić information content (AvgIpc) is 2.52. The van der Waals surface area contributed by atoms with Crippen LogP contribution < -0.4 is 0 Å². The molecule has 2 atom stereocenters. The van der Waals surface area contributed by atoms with Crippen LogP contribution in [0.15, 0.2) is 24.3 Å². The zero-order valence-corrected chi connectivity index (χ0v) is 15.4. The Balaban J connectivity index is 2.33. The van der Waals surface area contributed by atoms with Crippen molar-refractivity contribution in [2.75, 3.05) is 13.2 Å². The van der Waals surface area contributed by atoms with E-state index in [0.717, 1.165) is 4.90 Å². The number of imide groups is 1. The Labute approximate surface area is 159 Å². The highest BCUT2D eigenvalue weighted by atomic mass is 35.6. The van der Waals surface area contributed by atoms with Gasteiger partial charge in [-0.25, -0.2) is 4.39 Å². The predicted molar refractivity (Wildman–Crippen MR) is 90.9 cm³/mol. The molecule has 0 aliphatic carbocycles. The lowest BCUT2D eigenvalue weighted by Crippen LogP contribution is -2.51. The van der Waals surface area contributed by atoms with E-state index in [4.69, 9.17) is 39.5 Å². The fourth-order valence-electron chi connectivity index (χ4n) is 2.74. The van der Waals surface area contributed by atoms with E-state index in [1.54, 1.807) is 6.92 Å². The molecule has 0 radical (unpaired) electrons. The van der Waals surface area contributed by atoms with Gasteiger partial charge in [-0.15, -0.1) is 0 Å². The molecule has 2 unspecified atom stereocenters. The Hall–Kier alpha value is -1.37. The highest BCUT2D eigenvalue weighted by Crippen LogP contribution is 2.36. The lowest BCUT2D eigenvalue weighted by Gasteiger charge is -2.35. The Bertz CT molecular complexity index is 675. The molecule has 136 valence electrons. The Morgan fingerprint density at radius 2 is 1.88 bits per heavy atom. The van der Waals surface area contributed by atoms with Gasteiger partial charge in [0.05, 0.1) is 0 Å². The van der Waals surface area contributed by atoms with E-state index in [1.807, 2.05) is 0 Å². The maximum Gasteiger partial charge on any atom is 0.319 e. The highest BCUT2D eigenvalue weighted by molar-refractivity contribution is 6.67. The van der Waals surface area contributed by atoms with Gasteiger partial charge in [0.15, 0.2) is 0 Å². The standard InChI is InChI=1S/C16H15Cl3FNO4/c1-2-21-12(22)7-11(9-3-5-10(20)6-4-9)13(14(21)23)15(24)25-8-16(17,18)19/h3-6,11,13H,2,7-8H2,1H3. The van der Waals surface area contributed by atoms with Gasteiger partial charge in [0.2, 0.25) is 15.6 Å². The Kier molecular flexibility index (Phi) is 6.30. The molecule has 2 amide bonds. The molecule has 0 spiro atoms. The van der Waals surface area contributed by atoms with E-state index in [9.17, 15) is 18.8 Å². The summed E-state index contributed by atoms with van der Waals surface area (Å²) < 4.78 is 16.3. The summed E-state index contributed by atoms with van der Waals surface area (Å²) in [6.07, 6.45) is -0.0846. The van der Waals surface area contributed by atoms with Crippen LogP contribution in [0.25, 0.3) is 0 Å². The summed E-state index contributed by atoms with van der Waals surface area (Å²) in [6, 6.07) is 5.25. The minimum absolute atomic E-state index is 0.0846. The van der Waals surface area contributed by atoms with Crippen molar-refractivity contribution in [2.45, 2.75) is 23.1 Å². The largest absolute Gasteiger partial charge is 0.461 e. The van der Waals surface area contributed by atoms with Crippen molar-refractivity contribution in [1.29, 1.82) is 0 Å². The molecule has 1 saturated heterocycles. The number of ether oxygens (including phenoxy) is 1. The van der Waals surface area contributed by atoms with Crippen LogP contribution in [-0.2, 0) is 19.1 Å². The van der Waals surface area contributed by atoms with E-state index >= 15 is 0 Å². The fraction of sp³-hybridized carbons (Fsp3) is 0.438. The molecule has 9 heteroatoms. The molecule has 1 aromatic rings. The number of halogens is 4. The topological polar surface area (TPSA) is 63.7 Å². The predicted octanol–water partition coefficient (Wildman–Crippen LogP) is 3.22. The molecule has 0 bridgehead atoms. The third kappa shape index (κ3) is 4.84. The number of piperidine rings is 1. The first kappa shape index (κ1) is 19.9. The number of amides is 2. The zero-order valence-electron chi connectivity index (χ0n) is 13.2. The van der Waals surface area contributed by atoms with Gasteiger partial charge >= 0.3 is 5.97 Å². The maximum absolute atomic E-state index is 13.2. The molecule has 2 rings (SSSR count). The molecular weight excluding hydrogens is 396 g/mol. The fourth-order valence-corrected chi connectivity index (χ4v) is 2.90. The van der Waals surface area contributed by atoms with Crippen LogP contribution >= 0.6 is 34.8 Å². The number of rotatable bonds is 4. The van der Waals surface area contributed by atoms with Gasteiger partial charge < -0.3 is 4.74 Å². The number of hydrogen-bond acceptors (Lipinski definition) is 4. The third-order valence-corrected chi connectivity index (χ3v) is 4.20.